The molecule has 0 saturated carbocycles. The second-order valence-electron chi connectivity index (χ2n) is 5.33. The van der Waals surface area contributed by atoms with Gasteiger partial charge in [0.15, 0.2) is 11.5 Å². The monoisotopic (exact) mass is 307 g/mol. The van der Waals surface area contributed by atoms with Crippen molar-refractivity contribution in [3.05, 3.63) is 23.3 Å². The van der Waals surface area contributed by atoms with Crippen LogP contribution in [0, 0.1) is 0 Å². The zero-order chi connectivity index (χ0) is 15.9. The van der Waals surface area contributed by atoms with E-state index in [0.717, 1.165) is 35.5 Å². The number of hydrogen-bond acceptors (Lipinski definition) is 5. The van der Waals surface area contributed by atoms with Gasteiger partial charge in [-0.25, -0.2) is 0 Å². The van der Waals surface area contributed by atoms with E-state index in [2.05, 4.69) is 12.2 Å². The second kappa shape index (κ2) is 8.03. The quantitative estimate of drug-likeness (QED) is 0.619. The van der Waals surface area contributed by atoms with Gasteiger partial charge < -0.3 is 19.5 Å². The van der Waals surface area contributed by atoms with E-state index in [4.69, 9.17) is 14.2 Å². The Bertz CT molecular complexity index is 516. The summed E-state index contributed by atoms with van der Waals surface area (Å²) >= 11 is 0. The Hall–Kier alpha value is -1.75. The van der Waals surface area contributed by atoms with E-state index in [0.29, 0.717) is 26.2 Å². The molecular formula is C17H25NO4. The number of unbranched alkanes of at least 4 members (excludes halogenated alkanes) is 1. The lowest BCUT2D eigenvalue weighted by Crippen LogP contribution is -2.43. The molecule has 0 amide bonds. The first-order valence-corrected chi connectivity index (χ1v) is 7.92. The molecule has 1 aromatic rings. The molecule has 1 heterocycles. The maximum Gasteiger partial charge on any atom is 0.323 e. The van der Waals surface area contributed by atoms with Crippen LogP contribution >= 0.6 is 0 Å². The fourth-order valence-electron chi connectivity index (χ4n) is 2.59. The Kier molecular flexibility index (Phi) is 6.07. The number of nitrogens with one attached hydrogen (secondary N) is 1. The molecule has 5 nitrogen and oxygen atoms in total. The topological polar surface area (TPSA) is 56.8 Å². The van der Waals surface area contributed by atoms with Gasteiger partial charge in [0.05, 0.1) is 20.3 Å². The Morgan fingerprint density at radius 2 is 2.18 bits per heavy atom. The van der Waals surface area contributed by atoms with E-state index >= 15 is 0 Å². The summed E-state index contributed by atoms with van der Waals surface area (Å²) in [5.74, 6) is 1.28. The Balaban J connectivity index is 2.24. The molecule has 0 aliphatic carbocycles. The molecule has 1 aromatic carbocycles. The first kappa shape index (κ1) is 16.6. The van der Waals surface area contributed by atoms with E-state index in [9.17, 15) is 4.79 Å². The predicted octanol–water partition coefficient (Wildman–Crippen LogP) is 2.45. The molecule has 0 fully saturated rings. The van der Waals surface area contributed by atoms with Gasteiger partial charge in [-0.3, -0.25) is 4.79 Å². The van der Waals surface area contributed by atoms with Gasteiger partial charge in [0.25, 0.3) is 0 Å². The van der Waals surface area contributed by atoms with Crippen LogP contribution in [0.25, 0.3) is 0 Å². The van der Waals surface area contributed by atoms with Crippen molar-refractivity contribution in [1.82, 2.24) is 5.32 Å². The van der Waals surface area contributed by atoms with Crippen molar-refractivity contribution in [3.8, 4) is 11.5 Å². The summed E-state index contributed by atoms with van der Waals surface area (Å²) < 4.78 is 16.5. The zero-order valence-electron chi connectivity index (χ0n) is 13.6. The summed E-state index contributed by atoms with van der Waals surface area (Å²) in [4.78, 5) is 12.0. The van der Waals surface area contributed by atoms with Gasteiger partial charge in [0, 0.05) is 18.5 Å². The van der Waals surface area contributed by atoms with Crippen molar-refractivity contribution in [2.45, 2.75) is 45.7 Å². The minimum atomic E-state index is -0.326. The lowest BCUT2D eigenvalue weighted by atomic mass is 9.94. The highest BCUT2D eigenvalue weighted by Gasteiger charge is 2.28. The molecule has 1 aliphatic heterocycles. The van der Waals surface area contributed by atoms with E-state index < -0.39 is 0 Å². The van der Waals surface area contributed by atoms with Crippen molar-refractivity contribution < 1.29 is 19.0 Å². The van der Waals surface area contributed by atoms with Crippen LogP contribution in [0.2, 0.25) is 0 Å². The minimum absolute atomic E-state index is 0.213. The lowest BCUT2D eigenvalue weighted by molar-refractivity contribution is -0.145. The van der Waals surface area contributed by atoms with Crippen LogP contribution in [0.3, 0.4) is 0 Å². The third kappa shape index (κ3) is 3.71. The third-order valence-electron chi connectivity index (χ3n) is 3.80. The van der Waals surface area contributed by atoms with Crippen molar-refractivity contribution in [2.24, 2.45) is 0 Å². The number of fused-ring (bicyclic) bond motifs is 1. The summed E-state index contributed by atoms with van der Waals surface area (Å²) in [6.45, 7) is 5.62. The number of carbonyl (C=O) groups is 1. The van der Waals surface area contributed by atoms with Crippen LogP contribution < -0.4 is 14.8 Å². The molecule has 0 radical (unpaired) electrons. The number of carbonyl (C=O) groups excluding carboxylic acids is 1. The van der Waals surface area contributed by atoms with E-state index in [-0.39, 0.29) is 12.0 Å². The molecule has 122 valence electrons. The number of methoxy groups -OCH3 is 1. The van der Waals surface area contributed by atoms with Gasteiger partial charge in [-0.1, -0.05) is 19.4 Å². The summed E-state index contributed by atoms with van der Waals surface area (Å²) in [5, 5.41) is 3.22. The fraction of sp³-hybridized carbons (Fsp3) is 0.588. The second-order valence-corrected chi connectivity index (χ2v) is 5.33. The van der Waals surface area contributed by atoms with Crippen LogP contribution in [0.5, 0.6) is 11.5 Å². The molecule has 1 atom stereocenters. The highest BCUT2D eigenvalue weighted by molar-refractivity contribution is 5.77. The Morgan fingerprint density at radius 3 is 2.86 bits per heavy atom. The summed E-state index contributed by atoms with van der Waals surface area (Å²) in [5.41, 5.74) is 2.19. The number of rotatable bonds is 7. The van der Waals surface area contributed by atoms with Gasteiger partial charge in [-0.2, -0.15) is 0 Å². The number of hydrogen-bond donors (Lipinski definition) is 1. The highest BCUT2D eigenvalue weighted by Crippen LogP contribution is 2.36. The maximum absolute atomic E-state index is 12.0. The van der Waals surface area contributed by atoms with Crippen molar-refractivity contribution in [1.29, 1.82) is 0 Å². The minimum Gasteiger partial charge on any atom is -0.493 e. The Labute approximate surface area is 131 Å². The normalized spacial score (nSPS) is 16.8. The molecule has 2 rings (SSSR count). The van der Waals surface area contributed by atoms with Crippen molar-refractivity contribution in [2.75, 3.05) is 20.3 Å². The summed E-state index contributed by atoms with van der Waals surface area (Å²) in [6, 6.07) is 3.62. The van der Waals surface area contributed by atoms with Crippen LogP contribution in [0.15, 0.2) is 12.1 Å². The smallest absolute Gasteiger partial charge is 0.323 e. The first-order valence-electron chi connectivity index (χ1n) is 7.92. The van der Waals surface area contributed by atoms with Crippen molar-refractivity contribution in [3.63, 3.8) is 0 Å². The molecule has 5 heteroatoms. The molecule has 0 aromatic heterocycles. The van der Waals surface area contributed by atoms with Gasteiger partial charge in [-0.15, -0.1) is 0 Å². The van der Waals surface area contributed by atoms with E-state index in [1.165, 1.54) is 0 Å². The number of ether oxygens (including phenoxy) is 3. The van der Waals surface area contributed by atoms with Crippen LogP contribution in [0.1, 0.15) is 37.8 Å². The standard InChI is InChI=1S/C17H25NO4/c1-4-6-9-22-16-13-10-14(17(19)21-5-2)18-11-12(13)7-8-15(16)20-3/h7-8,14,18H,4-6,9-11H2,1-3H3. The molecular weight excluding hydrogens is 282 g/mol. The molecule has 1 unspecified atom stereocenters. The van der Waals surface area contributed by atoms with Gasteiger partial charge in [0.1, 0.15) is 6.04 Å². The number of esters is 1. The average Bonchev–Trinajstić information content (AvgIpc) is 2.54. The fourth-order valence-corrected chi connectivity index (χ4v) is 2.59. The van der Waals surface area contributed by atoms with Crippen LogP contribution in [-0.4, -0.2) is 32.3 Å². The van der Waals surface area contributed by atoms with Gasteiger partial charge in [-0.05, 0) is 25.0 Å². The highest BCUT2D eigenvalue weighted by atomic mass is 16.5. The molecule has 1 N–H and O–H groups in total. The summed E-state index contributed by atoms with van der Waals surface area (Å²) in [7, 11) is 1.64. The summed E-state index contributed by atoms with van der Waals surface area (Å²) in [6.07, 6.45) is 2.63. The lowest BCUT2D eigenvalue weighted by Gasteiger charge is -2.27. The SMILES string of the molecule is CCCCOc1c(OC)ccc2c1CC(C(=O)OCC)NC2. The van der Waals surface area contributed by atoms with Crippen LogP contribution in [0.4, 0.5) is 0 Å². The number of benzene rings is 1. The largest absolute Gasteiger partial charge is 0.493 e. The molecule has 22 heavy (non-hydrogen) atoms. The zero-order valence-corrected chi connectivity index (χ0v) is 13.6. The van der Waals surface area contributed by atoms with Crippen LogP contribution in [-0.2, 0) is 22.5 Å². The average molecular weight is 307 g/mol. The third-order valence-corrected chi connectivity index (χ3v) is 3.80. The molecule has 0 bridgehead atoms. The van der Waals surface area contributed by atoms with Gasteiger partial charge >= 0.3 is 5.97 Å². The Morgan fingerprint density at radius 1 is 1.36 bits per heavy atom. The first-order chi connectivity index (χ1) is 10.7. The van der Waals surface area contributed by atoms with Gasteiger partial charge in [0.2, 0.25) is 0 Å². The molecule has 0 saturated heterocycles. The predicted molar refractivity (Wildman–Crippen MR) is 84.4 cm³/mol. The van der Waals surface area contributed by atoms with E-state index in [1.54, 1.807) is 7.11 Å². The maximum atomic E-state index is 12.0. The van der Waals surface area contributed by atoms with E-state index in [1.807, 2.05) is 19.1 Å². The molecule has 0 spiro atoms. The molecule has 1 aliphatic rings. The van der Waals surface area contributed by atoms with Crippen molar-refractivity contribution >= 4 is 5.97 Å².